The van der Waals surface area contributed by atoms with Crippen LogP contribution in [0.15, 0.2) is 0 Å². The number of likely N-dealkylation sites (tertiary alicyclic amines) is 1. The molecule has 0 aromatic heterocycles. The minimum Gasteiger partial charge on any atom is -0.481 e. The third-order valence-electron chi connectivity index (χ3n) is 3.47. The van der Waals surface area contributed by atoms with Crippen molar-refractivity contribution in [1.82, 2.24) is 10.2 Å². The van der Waals surface area contributed by atoms with Gasteiger partial charge in [0.05, 0.1) is 5.92 Å². The van der Waals surface area contributed by atoms with Crippen LogP contribution in [-0.4, -0.2) is 48.2 Å². The van der Waals surface area contributed by atoms with Gasteiger partial charge >= 0.3 is 5.97 Å². The summed E-state index contributed by atoms with van der Waals surface area (Å²) in [7, 11) is 2.07. The van der Waals surface area contributed by atoms with Gasteiger partial charge in [-0.25, -0.2) is 0 Å². The fourth-order valence-corrected chi connectivity index (χ4v) is 2.28. The molecule has 86 valence electrons. The van der Waals surface area contributed by atoms with E-state index in [0.29, 0.717) is 6.04 Å². The quantitative estimate of drug-likeness (QED) is 0.716. The van der Waals surface area contributed by atoms with E-state index >= 15 is 0 Å². The molecule has 0 amide bonds. The van der Waals surface area contributed by atoms with Crippen LogP contribution < -0.4 is 5.32 Å². The highest BCUT2D eigenvalue weighted by Crippen LogP contribution is 2.25. The van der Waals surface area contributed by atoms with E-state index in [-0.39, 0.29) is 12.0 Å². The lowest BCUT2D eigenvalue weighted by molar-refractivity contribution is -0.142. The number of aliphatic carboxylic acids is 1. The standard InChI is InChI=1S/C11H20N2O2/c1-13-6-4-9(11(14)15)10(5-7-13)12-8-2-3-8/h8-10,12H,2-7H2,1H3,(H,14,15). The molecule has 2 rings (SSSR count). The molecule has 15 heavy (non-hydrogen) atoms. The summed E-state index contributed by atoms with van der Waals surface area (Å²) in [6.45, 7) is 1.91. The summed E-state index contributed by atoms with van der Waals surface area (Å²) < 4.78 is 0. The Hall–Kier alpha value is -0.610. The van der Waals surface area contributed by atoms with Gasteiger partial charge in [0.25, 0.3) is 0 Å². The zero-order valence-electron chi connectivity index (χ0n) is 9.28. The molecule has 1 aliphatic heterocycles. The first kappa shape index (κ1) is 10.9. The highest BCUT2D eigenvalue weighted by Gasteiger charge is 2.34. The van der Waals surface area contributed by atoms with Crippen molar-refractivity contribution >= 4 is 5.97 Å². The second-order valence-corrected chi connectivity index (χ2v) is 4.87. The lowest BCUT2D eigenvalue weighted by Crippen LogP contribution is -2.41. The van der Waals surface area contributed by atoms with Gasteiger partial charge in [-0.2, -0.15) is 0 Å². The number of rotatable bonds is 3. The monoisotopic (exact) mass is 212 g/mol. The van der Waals surface area contributed by atoms with E-state index in [2.05, 4.69) is 17.3 Å². The van der Waals surface area contributed by atoms with Gasteiger partial charge in [-0.3, -0.25) is 4.79 Å². The number of carboxylic acid groups (broad SMARTS) is 1. The molecule has 2 unspecified atom stereocenters. The van der Waals surface area contributed by atoms with Crippen molar-refractivity contribution in [2.24, 2.45) is 5.92 Å². The van der Waals surface area contributed by atoms with E-state index in [1.54, 1.807) is 0 Å². The summed E-state index contributed by atoms with van der Waals surface area (Å²) >= 11 is 0. The van der Waals surface area contributed by atoms with Crippen molar-refractivity contribution in [2.75, 3.05) is 20.1 Å². The number of hydrogen-bond acceptors (Lipinski definition) is 3. The molecule has 0 aromatic rings. The Morgan fingerprint density at radius 2 is 1.93 bits per heavy atom. The van der Waals surface area contributed by atoms with Crippen LogP contribution in [0.2, 0.25) is 0 Å². The lowest BCUT2D eigenvalue weighted by Gasteiger charge is -2.22. The smallest absolute Gasteiger partial charge is 0.308 e. The maximum Gasteiger partial charge on any atom is 0.308 e. The Morgan fingerprint density at radius 3 is 2.53 bits per heavy atom. The SMILES string of the molecule is CN1CCC(NC2CC2)C(C(=O)O)CC1. The Balaban J connectivity index is 1.97. The summed E-state index contributed by atoms with van der Waals surface area (Å²) in [4.78, 5) is 13.4. The first-order valence-corrected chi connectivity index (χ1v) is 5.84. The third kappa shape index (κ3) is 2.92. The van der Waals surface area contributed by atoms with E-state index in [1.807, 2.05) is 0 Å². The largest absolute Gasteiger partial charge is 0.481 e. The van der Waals surface area contributed by atoms with Crippen molar-refractivity contribution in [3.63, 3.8) is 0 Å². The molecule has 1 saturated carbocycles. The molecule has 4 heteroatoms. The Bertz CT molecular complexity index is 241. The molecule has 0 aromatic carbocycles. The van der Waals surface area contributed by atoms with E-state index < -0.39 is 5.97 Å². The Kier molecular flexibility index (Phi) is 3.26. The molecule has 0 radical (unpaired) electrons. The van der Waals surface area contributed by atoms with Gasteiger partial charge in [-0.15, -0.1) is 0 Å². The second-order valence-electron chi connectivity index (χ2n) is 4.87. The molecule has 0 spiro atoms. The van der Waals surface area contributed by atoms with Crippen LogP contribution in [0.4, 0.5) is 0 Å². The van der Waals surface area contributed by atoms with Crippen molar-refractivity contribution in [1.29, 1.82) is 0 Å². The van der Waals surface area contributed by atoms with Crippen molar-refractivity contribution in [3.05, 3.63) is 0 Å². The average molecular weight is 212 g/mol. The highest BCUT2D eigenvalue weighted by atomic mass is 16.4. The minimum atomic E-state index is -0.636. The number of carboxylic acids is 1. The average Bonchev–Trinajstić information content (AvgIpc) is 2.97. The van der Waals surface area contributed by atoms with Crippen LogP contribution in [0.3, 0.4) is 0 Å². The first-order valence-electron chi connectivity index (χ1n) is 5.84. The van der Waals surface area contributed by atoms with Crippen LogP contribution in [0.5, 0.6) is 0 Å². The summed E-state index contributed by atoms with van der Waals surface area (Å²) in [6, 6.07) is 0.778. The summed E-state index contributed by atoms with van der Waals surface area (Å²) in [5.74, 6) is -0.834. The normalized spacial score (nSPS) is 33.7. The number of hydrogen-bond donors (Lipinski definition) is 2. The van der Waals surface area contributed by atoms with Crippen molar-refractivity contribution in [3.8, 4) is 0 Å². The third-order valence-corrected chi connectivity index (χ3v) is 3.47. The van der Waals surface area contributed by atoms with Gasteiger partial charge < -0.3 is 15.3 Å². The molecule has 1 heterocycles. The second kappa shape index (κ2) is 4.49. The van der Waals surface area contributed by atoms with Crippen LogP contribution in [0, 0.1) is 5.92 Å². The van der Waals surface area contributed by atoms with E-state index in [1.165, 1.54) is 12.8 Å². The minimum absolute atomic E-state index is 0.181. The number of nitrogens with one attached hydrogen (secondary N) is 1. The van der Waals surface area contributed by atoms with Gasteiger partial charge in [0.15, 0.2) is 0 Å². The van der Waals surface area contributed by atoms with Gasteiger partial charge in [-0.05, 0) is 45.8 Å². The molecule has 2 aliphatic rings. The lowest BCUT2D eigenvalue weighted by atomic mass is 9.95. The summed E-state index contributed by atoms with van der Waals surface area (Å²) in [5.41, 5.74) is 0. The predicted molar refractivity (Wildman–Crippen MR) is 57.8 cm³/mol. The molecule has 1 saturated heterocycles. The highest BCUT2D eigenvalue weighted by molar-refractivity contribution is 5.71. The molecule has 4 nitrogen and oxygen atoms in total. The van der Waals surface area contributed by atoms with Crippen LogP contribution in [-0.2, 0) is 4.79 Å². The predicted octanol–water partition coefficient (Wildman–Crippen LogP) is 0.533. The molecule has 2 fully saturated rings. The molecule has 2 atom stereocenters. The van der Waals surface area contributed by atoms with E-state index in [0.717, 1.165) is 25.9 Å². The van der Waals surface area contributed by atoms with Gasteiger partial charge in [0.2, 0.25) is 0 Å². The summed E-state index contributed by atoms with van der Waals surface area (Å²) in [6.07, 6.45) is 4.18. The Morgan fingerprint density at radius 1 is 1.27 bits per heavy atom. The number of nitrogens with zero attached hydrogens (tertiary/aromatic N) is 1. The fourth-order valence-electron chi connectivity index (χ4n) is 2.28. The maximum absolute atomic E-state index is 11.2. The molecule has 1 aliphatic carbocycles. The van der Waals surface area contributed by atoms with Crippen molar-refractivity contribution < 1.29 is 9.90 Å². The molecular weight excluding hydrogens is 192 g/mol. The van der Waals surface area contributed by atoms with E-state index in [9.17, 15) is 9.90 Å². The maximum atomic E-state index is 11.2. The van der Waals surface area contributed by atoms with Crippen LogP contribution in [0.25, 0.3) is 0 Å². The van der Waals surface area contributed by atoms with Gasteiger partial charge in [-0.1, -0.05) is 0 Å². The number of carbonyl (C=O) groups is 1. The zero-order chi connectivity index (χ0) is 10.8. The first-order chi connectivity index (χ1) is 7.16. The van der Waals surface area contributed by atoms with Crippen LogP contribution >= 0.6 is 0 Å². The fraction of sp³-hybridized carbons (Fsp3) is 0.909. The van der Waals surface area contributed by atoms with Crippen LogP contribution in [0.1, 0.15) is 25.7 Å². The van der Waals surface area contributed by atoms with Gasteiger partial charge in [0, 0.05) is 12.1 Å². The molecule has 2 N–H and O–H groups in total. The van der Waals surface area contributed by atoms with Crippen molar-refractivity contribution in [2.45, 2.75) is 37.8 Å². The zero-order valence-corrected chi connectivity index (χ0v) is 9.28. The van der Waals surface area contributed by atoms with Gasteiger partial charge in [0.1, 0.15) is 0 Å². The van der Waals surface area contributed by atoms with E-state index in [4.69, 9.17) is 0 Å². The summed E-state index contributed by atoms with van der Waals surface area (Å²) in [5, 5.41) is 12.7. The molecular formula is C11H20N2O2. The Labute approximate surface area is 90.6 Å². The molecule has 0 bridgehead atoms. The topological polar surface area (TPSA) is 52.6 Å².